The number of amides is 1. The molecular formula is C25H20F3NO4. The molecule has 1 fully saturated rings. The Morgan fingerprint density at radius 3 is 2.36 bits per heavy atom. The Hall–Kier alpha value is -3.52. The van der Waals surface area contributed by atoms with Crippen LogP contribution in [0.25, 0.3) is 11.1 Å². The molecule has 0 unspecified atom stereocenters. The standard InChI is InChI=1S/C25H20F3NO4/c26-25(27,28)20-12-18(6-7-19(20)16-3-1-15(13-30)2-4-16)29-23(31)24(9-10-24)17-5-8-21-22(11-17)33-14-32-21/h1-8,11-12,30H,9-10,13-14H2,(H,29,31). The summed E-state index contributed by atoms with van der Waals surface area (Å²) in [6, 6.07) is 15.3. The van der Waals surface area contributed by atoms with Crippen LogP contribution in [0, 0.1) is 0 Å². The van der Waals surface area contributed by atoms with Crippen LogP contribution in [0.1, 0.15) is 29.5 Å². The zero-order valence-electron chi connectivity index (χ0n) is 17.4. The molecule has 2 aliphatic rings. The first kappa shape index (κ1) is 21.3. The number of rotatable bonds is 5. The van der Waals surface area contributed by atoms with E-state index < -0.39 is 17.2 Å². The van der Waals surface area contributed by atoms with E-state index in [0.29, 0.717) is 35.5 Å². The molecule has 3 aromatic carbocycles. The number of carbonyl (C=O) groups excluding carboxylic acids is 1. The molecule has 33 heavy (non-hydrogen) atoms. The summed E-state index contributed by atoms with van der Waals surface area (Å²) in [4.78, 5) is 13.1. The number of fused-ring (bicyclic) bond motifs is 1. The molecule has 1 amide bonds. The van der Waals surface area contributed by atoms with Crippen LogP contribution in [0.3, 0.4) is 0 Å². The SMILES string of the molecule is O=C(Nc1ccc(-c2ccc(CO)cc2)c(C(F)(F)F)c1)C1(c2ccc3c(c2)OCO3)CC1. The molecule has 0 bridgehead atoms. The fourth-order valence-corrected chi connectivity index (χ4v) is 4.11. The molecule has 1 aliphatic carbocycles. The van der Waals surface area contributed by atoms with E-state index in [2.05, 4.69) is 5.32 Å². The molecule has 1 aliphatic heterocycles. The lowest BCUT2D eigenvalue weighted by Crippen LogP contribution is -2.28. The number of halogens is 3. The van der Waals surface area contributed by atoms with Crippen LogP contribution < -0.4 is 14.8 Å². The third-order valence-electron chi connectivity index (χ3n) is 6.14. The molecule has 1 heterocycles. The molecule has 5 rings (SSSR count). The number of ether oxygens (including phenoxy) is 2. The minimum atomic E-state index is -4.61. The number of carbonyl (C=O) groups is 1. The summed E-state index contributed by atoms with van der Waals surface area (Å²) in [5, 5.41) is 11.8. The van der Waals surface area contributed by atoms with Crippen molar-refractivity contribution in [2.45, 2.75) is 31.0 Å². The average Bonchev–Trinajstić information content (AvgIpc) is 3.49. The van der Waals surface area contributed by atoms with Gasteiger partial charge in [0.05, 0.1) is 17.6 Å². The number of aliphatic hydroxyl groups excluding tert-OH is 1. The Balaban J connectivity index is 1.43. The number of benzene rings is 3. The van der Waals surface area contributed by atoms with E-state index in [1.165, 1.54) is 24.3 Å². The van der Waals surface area contributed by atoms with Crippen molar-refractivity contribution in [2.24, 2.45) is 0 Å². The van der Waals surface area contributed by atoms with Crippen molar-refractivity contribution in [1.29, 1.82) is 0 Å². The molecule has 8 heteroatoms. The lowest BCUT2D eigenvalue weighted by molar-refractivity contribution is -0.137. The summed E-state index contributed by atoms with van der Waals surface area (Å²) in [5.74, 6) is 0.810. The highest BCUT2D eigenvalue weighted by molar-refractivity contribution is 6.01. The van der Waals surface area contributed by atoms with Gasteiger partial charge >= 0.3 is 6.18 Å². The van der Waals surface area contributed by atoms with Crippen LogP contribution in [-0.4, -0.2) is 17.8 Å². The zero-order chi connectivity index (χ0) is 23.2. The lowest BCUT2D eigenvalue weighted by atomic mass is 9.94. The van der Waals surface area contributed by atoms with Gasteiger partial charge in [0.2, 0.25) is 12.7 Å². The molecule has 170 valence electrons. The maximum absolute atomic E-state index is 13.9. The quantitative estimate of drug-likeness (QED) is 0.551. The van der Waals surface area contributed by atoms with E-state index in [9.17, 15) is 18.0 Å². The number of hydrogen-bond donors (Lipinski definition) is 2. The summed E-state index contributed by atoms with van der Waals surface area (Å²) in [6.07, 6.45) is -3.42. The van der Waals surface area contributed by atoms with E-state index in [-0.39, 0.29) is 30.6 Å². The molecule has 0 atom stereocenters. The lowest BCUT2D eigenvalue weighted by Gasteiger charge is -2.19. The van der Waals surface area contributed by atoms with E-state index in [4.69, 9.17) is 14.6 Å². The number of anilines is 1. The monoisotopic (exact) mass is 455 g/mol. The van der Waals surface area contributed by atoms with Crippen molar-refractivity contribution in [2.75, 3.05) is 12.1 Å². The van der Waals surface area contributed by atoms with Crippen molar-refractivity contribution in [3.63, 3.8) is 0 Å². The first-order chi connectivity index (χ1) is 15.8. The van der Waals surface area contributed by atoms with Crippen LogP contribution in [0.4, 0.5) is 18.9 Å². The van der Waals surface area contributed by atoms with Crippen molar-refractivity contribution < 1.29 is 32.5 Å². The zero-order valence-corrected chi connectivity index (χ0v) is 17.4. The summed E-state index contributed by atoms with van der Waals surface area (Å²) in [7, 11) is 0. The van der Waals surface area contributed by atoms with Crippen LogP contribution >= 0.6 is 0 Å². The minimum absolute atomic E-state index is 0.00175. The van der Waals surface area contributed by atoms with Crippen LogP contribution in [0.5, 0.6) is 11.5 Å². The maximum Gasteiger partial charge on any atom is 0.417 e. The van der Waals surface area contributed by atoms with Gasteiger partial charge in [0.1, 0.15) is 0 Å². The molecule has 0 aromatic heterocycles. The van der Waals surface area contributed by atoms with Crippen molar-refractivity contribution in [3.8, 4) is 22.6 Å². The molecule has 2 N–H and O–H groups in total. The Morgan fingerprint density at radius 1 is 0.970 bits per heavy atom. The molecular weight excluding hydrogens is 435 g/mol. The van der Waals surface area contributed by atoms with Crippen LogP contribution in [-0.2, 0) is 23.0 Å². The van der Waals surface area contributed by atoms with Gasteiger partial charge in [0, 0.05) is 5.69 Å². The first-order valence-electron chi connectivity index (χ1n) is 10.4. The van der Waals surface area contributed by atoms with Crippen LogP contribution in [0.15, 0.2) is 60.7 Å². The van der Waals surface area contributed by atoms with Gasteiger partial charge in [-0.2, -0.15) is 13.2 Å². The Labute approximate surface area is 187 Å². The van der Waals surface area contributed by atoms with Gasteiger partial charge in [0.25, 0.3) is 0 Å². The first-order valence-corrected chi connectivity index (χ1v) is 10.4. The second kappa shape index (κ2) is 7.81. The predicted molar refractivity (Wildman–Crippen MR) is 115 cm³/mol. The van der Waals surface area contributed by atoms with Gasteiger partial charge in [-0.15, -0.1) is 0 Å². The molecule has 0 saturated heterocycles. The fraction of sp³-hybridized carbons (Fsp3) is 0.240. The summed E-state index contributed by atoms with van der Waals surface area (Å²) < 4.78 is 52.3. The predicted octanol–water partition coefficient (Wildman–Crippen LogP) is 5.26. The van der Waals surface area contributed by atoms with E-state index in [1.54, 1.807) is 30.3 Å². The van der Waals surface area contributed by atoms with Crippen molar-refractivity contribution in [3.05, 3.63) is 77.4 Å². The molecule has 5 nitrogen and oxygen atoms in total. The van der Waals surface area contributed by atoms with Gasteiger partial charge in [-0.05, 0) is 59.4 Å². The second-order valence-corrected chi connectivity index (χ2v) is 8.22. The molecule has 1 saturated carbocycles. The highest BCUT2D eigenvalue weighted by atomic mass is 19.4. The van der Waals surface area contributed by atoms with Gasteiger partial charge in [-0.25, -0.2) is 0 Å². The Kier molecular flexibility index (Phi) is 5.05. The molecule has 0 radical (unpaired) electrons. The summed E-state index contributed by atoms with van der Waals surface area (Å²) in [5.41, 5.74) is 0.173. The highest BCUT2D eigenvalue weighted by Crippen LogP contribution is 2.51. The van der Waals surface area contributed by atoms with Crippen molar-refractivity contribution in [1.82, 2.24) is 0 Å². The highest BCUT2D eigenvalue weighted by Gasteiger charge is 2.51. The summed E-state index contributed by atoms with van der Waals surface area (Å²) in [6.45, 7) is -0.0736. The smallest absolute Gasteiger partial charge is 0.417 e. The van der Waals surface area contributed by atoms with Gasteiger partial charge in [-0.1, -0.05) is 36.4 Å². The van der Waals surface area contributed by atoms with Gasteiger partial charge in [0.15, 0.2) is 11.5 Å². The fourth-order valence-electron chi connectivity index (χ4n) is 4.11. The van der Waals surface area contributed by atoms with Gasteiger partial charge in [-0.3, -0.25) is 4.79 Å². The molecule has 3 aromatic rings. The Bertz CT molecular complexity index is 1220. The minimum Gasteiger partial charge on any atom is -0.454 e. The van der Waals surface area contributed by atoms with E-state index >= 15 is 0 Å². The number of aliphatic hydroxyl groups is 1. The third kappa shape index (κ3) is 3.91. The topological polar surface area (TPSA) is 67.8 Å². The maximum atomic E-state index is 13.9. The summed E-state index contributed by atoms with van der Waals surface area (Å²) >= 11 is 0. The van der Waals surface area contributed by atoms with Crippen LogP contribution in [0.2, 0.25) is 0 Å². The Morgan fingerprint density at radius 2 is 1.70 bits per heavy atom. The van der Waals surface area contributed by atoms with Gasteiger partial charge < -0.3 is 19.9 Å². The largest absolute Gasteiger partial charge is 0.454 e. The van der Waals surface area contributed by atoms with E-state index in [1.807, 2.05) is 0 Å². The number of alkyl halides is 3. The molecule has 0 spiro atoms. The third-order valence-corrected chi connectivity index (χ3v) is 6.14. The normalized spacial score (nSPS) is 15.9. The van der Waals surface area contributed by atoms with E-state index in [0.717, 1.165) is 11.6 Å². The van der Waals surface area contributed by atoms with Crippen molar-refractivity contribution >= 4 is 11.6 Å². The average molecular weight is 455 g/mol. The number of hydrogen-bond acceptors (Lipinski definition) is 4. The second-order valence-electron chi connectivity index (χ2n) is 8.22. The number of nitrogens with one attached hydrogen (secondary N) is 1.